The molecule has 6 aliphatic rings. The van der Waals surface area contributed by atoms with Gasteiger partial charge in [-0.25, -0.2) is 0 Å². The molecule has 0 unspecified atom stereocenters. The molecule has 4 N–H and O–H groups in total. The number of carbonyl (C=O) groups is 1. The molecule has 0 aromatic carbocycles. The number of unbranched alkanes of at least 4 members (excludes halogenated alkanes) is 8. The second-order valence-electron chi connectivity index (χ2n) is 15.9. The van der Waals surface area contributed by atoms with Crippen molar-refractivity contribution in [3.63, 3.8) is 0 Å². The zero-order chi connectivity index (χ0) is 31.3. The van der Waals surface area contributed by atoms with E-state index in [9.17, 15) is 4.79 Å². The fraction of sp³-hybridized carbons (Fsp3) is 0.919. The molecule has 0 saturated carbocycles. The van der Waals surface area contributed by atoms with E-state index in [1.807, 2.05) is 0 Å². The van der Waals surface area contributed by atoms with Crippen molar-refractivity contribution in [1.29, 1.82) is 0 Å². The lowest BCUT2D eigenvalue weighted by Gasteiger charge is -2.38. The van der Waals surface area contributed by atoms with E-state index < -0.39 is 0 Å². The SMILES string of the molecule is CCCCCCC[C@@H]1C[C@@H]2CC[C@H]3[C@@H](C(=O)O[C@H](C)CCCCCCC[C@@H]4C[C@@H]5CC[C@@H]6C[C@H](C)NC(=[N+]65)N4)[C@@H](C)NC(=[N+]23)N1. The van der Waals surface area contributed by atoms with Crippen LogP contribution >= 0.6 is 0 Å². The van der Waals surface area contributed by atoms with Crippen molar-refractivity contribution in [2.45, 2.75) is 211 Å². The Labute approximate surface area is 274 Å². The van der Waals surface area contributed by atoms with Crippen LogP contribution in [0.1, 0.15) is 156 Å². The smallest absolute Gasteiger partial charge is 0.346 e. The lowest BCUT2D eigenvalue weighted by Crippen LogP contribution is -2.66. The summed E-state index contributed by atoms with van der Waals surface area (Å²) in [7, 11) is 0. The Morgan fingerprint density at radius 3 is 2.02 bits per heavy atom. The first-order valence-corrected chi connectivity index (χ1v) is 19.5. The zero-order valence-corrected chi connectivity index (χ0v) is 29.1. The second kappa shape index (κ2) is 15.3. The summed E-state index contributed by atoms with van der Waals surface area (Å²) in [5.74, 6) is 2.44. The molecule has 10 atom stereocenters. The highest BCUT2D eigenvalue weighted by Gasteiger charge is 2.53. The molecule has 0 aromatic heterocycles. The number of rotatable bonds is 16. The van der Waals surface area contributed by atoms with Crippen LogP contribution in [0.5, 0.6) is 0 Å². The standard InChI is InChI=1S/C37H64N6O2/c1-5-6-7-9-13-16-29-24-32-20-21-33-34(27(4)39-37(41-29)43(32)33)35(44)45-26(3)15-12-10-8-11-14-17-28-23-31-19-18-30-22-25(2)38-36(40-28)42(30)31/h25-34H,5-24H2,1-4H3,(H2,38,39,40,41)/p+2/t25-,26+,27+,28+,29+,30+,31-,32-,33-,34-/m0/s1. The van der Waals surface area contributed by atoms with Crippen LogP contribution in [0.4, 0.5) is 0 Å². The number of hydrogen-bond acceptors (Lipinski definition) is 6. The first-order chi connectivity index (χ1) is 21.9. The van der Waals surface area contributed by atoms with Crippen molar-refractivity contribution in [3.8, 4) is 0 Å². The van der Waals surface area contributed by atoms with E-state index >= 15 is 0 Å². The third-order valence-electron chi connectivity index (χ3n) is 12.2. The molecular weight excluding hydrogens is 560 g/mol. The predicted molar refractivity (Wildman–Crippen MR) is 182 cm³/mol. The van der Waals surface area contributed by atoms with E-state index in [1.54, 1.807) is 0 Å². The van der Waals surface area contributed by atoms with Gasteiger partial charge in [-0.3, -0.25) is 35.2 Å². The van der Waals surface area contributed by atoms with Gasteiger partial charge in [-0.15, -0.1) is 0 Å². The molecule has 8 nitrogen and oxygen atoms in total. The van der Waals surface area contributed by atoms with Crippen LogP contribution in [-0.4, -0.2) is 81.5 Å². The fourth-order valence-electron chi connectivity index (χ4n) is 9.94. The lowest BCUT2D eigenvalue weighted by atomic mass is 9.89. The van der Waals surface area contributed by atoms with Crippen molar-refractivity contribution < 1.29 is 18.7 Å². The highest BCUT2D eigenvalue weighted by molar-refractivity contribution is 5.81. The number of guanidine groups is 2. The molecule has 0 spiro atoms. The number of ether oxygens (including phenoxy) is 1. The van der Waals surface area contributed by atoms with E-state index in [0.717, 1.165) is 31.3 Å². The minimum Gasteiger partial charge on any atom is -0.462 e. The molecule has 2 saturated heterocycles. The van der Waals surface area contributed by atoms with Gasteiger partial charge in [0, 0.05) is 19.3 Å². The lowest BCUT2D eigenvalue weighted by molar-refractivity contribution is -0.598. The maximum Gasteiger partial charge on any atom is 0.346 e. The topological polar surface area (TPSA) is 80.4 Å². The first kappa shape index (κ1) is 32.9. The molecule has 0 aromatic rings. The van der Waals surface area contributed by atoms with Gasteiger partial charge in [-0.05, 0) is 72.1 Å². The molecule has 2 fully saturated rings. The van der Waals surface area contributed by atoms with Crippen molar-refractivity contribution >= 4 is 17.9 Å². The Bertz CT molecular complexity index is 1080. The summed E-state index contributed by atoms with van der Waals surface area (Å²) in [6.07, 6.45) is 25.3. The summed E-state index contributed by atoms with van der Waals surface area (Å²) in [5, 5.41) is 15.1. The van der Waals surface area contributed by atoms with Gasteiger partial charge in [0.25, 0.3) is 0 Å². The van der Waals surface area contributed by atoms with Crippen molar-refractivity contribution in [2.75, 3.05) is 0 Å². The van der Waals surface area contributed by atoms with Crippen molar-refractivity contribution in [3.05, 3.63) is 0 Å². The van der Waals surface area contributed by atoms with Gasteiger partial charge in [0.05, 0.1) is 54.4 Å². The van der Waals surface area contributed by atoms with Crippen LogP contribution in [-0.2, 0) is 9.53 Å². The summed E-state index contributed by atoms with van der Waals surface area (Å²) in [6, 6.07) is 4.22. The molecule has 0 amide bonds. The number of hydrogen-bond donors (Lipinski definition) is 4. The molecule has 0 bridgehead atoms. The van der Waals surface area contributed by atoms with Crippen molar-refractivity contribution in [1.82, 2.24) is 21.3 Å². The summed E-state index contributed by atoms with van der Waals surface area (Å²) in [6.45, 7) is 8.89. The summed E-state index contributed by atoms with van der Waals surface area (Å²) in [5.41, 5.74) is 0. The second-order valence-corrected chi connectivity index (χ2v) is 15.9. The van der Waals surface area contributed by atoms with Crippen molar-refractivity contribution in [2.24, 2.45) is 5.92 Å². The average Bonchev–Trinajstić information content (AvgIpc) is 3.61. The quantitative estimate of drug-likeness (QED) is 0.103. The molecule has 6 aliphatic heterocycles. The van der Waals surface area contributed by atoms with Crippen LogP contribution in [0, 0.1) is 5.92 Å². The van der Waals surface area contributed by atoms with Gasteiger partial charge in [0.2, 0.25) is 0 Å². The molecule has 6 heterocycles. The van der Waals surface area contributed by atoms with Crippen LogP contribution in [0.25, 0.3) is 0 Å². The Hall–Kier alpha value is -1.99. The maximum absolute atomic E-state index is 13.5. The van der Waals surface area contributed by atoms with Gasteiger partial charge in [0.1, 0.15) is 5.92 Å². The van der Waals surface area contributed by atoms with Gasteiger partial charge < -0.3 is 4.74 Å². The molecule has 6 rings (SSSR count). The summed E-state index contributed by atoms with van der Waals surface area (Å²) in [4.78, 5) is 13.5. The molecule has 254 valence electrons. The molecule has 0 aliphatic carbocycles. The van der Waals surface area contributed by atoms with Crippen LogP contribution in [0.3, 0.4) is 0 Å². The third-order valence-corrected chi connectivity index (χ3v) is 12.2. The van der Waals surface area contributed by atoms with Gasteiger partial charge in [-0.2, -0.15) is 0 Å². The highest BCUT2D eigenvalue weighted by atomic mass is 16.5. The number of carbonyl (C=O) groups excluding carboxylic acids is 1. The van der Waals surface area contributed by atoms with E-state index in [0.29, 0.717) is 24.2 Å². The highest BCUT2D eigenvalue weighted by Crippen LogP contribution is 2.35. The number of nitrogens with zero attached hydrogens (tertiary/aromatic N) is 2. The van der Waals surface area contributed by atoms with Gasteiger partial charge in [0.15, 0.2) is 0 Å². The Balaban J connectivity index is 0.868. The third kappa shape index (κ3) is 7.77. The van der Waals surface area contributed by atoms with E-state index in [4.69, 9.17) is 4.74 Å². The first-order valence-electron chi connectivity index (χ1n) is 19.5. The molecule has 8 heteroatoms. The minimum absolute atomic E-state index is 0.00382. The Kier molecular flexibility index (Phi) is 11.2. The fourth-order valence-corrected chi connectivity index (χ4v) is 9.94. The summed E-state index contributed by atoms with van der Waals surface area (Å²) >= 11 is 0. The molecule has 0 radical (unpaired) electrons. The minimum atomic E-state index is -0.0885. The maximum atomic E-state index is 13.5. The van der Waals surface area contributed by atoms with Gasteiger partial charge >= 0.3 is 17.9 Å². The average molecular weight is 627 g/mol. The van der Waals surface area contributed by atoms with Gasteiger partial charge in [-0.1, -0.05) is 64.7 Å². The van der Waals surface area contributed by atoms with Crippen LogP contribution in [0.15, 0.2) is 0 Å². The number of esters is 1. The molecular formula is C37H66N6O2+2. The zero-order valence-electron chi connectivity index (χ0n) is 29.1. The van der Waals surface area contributed by atoms with E-state index in [-0.39, 0.29) is 30.1 Å². The van der Waals surface area contributed by atoms with E-state index in [2.05, 4.69) is 58.1 Å². The largest absolute Gasteiger partial charge is 0.462 e. The monoisotopic (exact) mass is 627 g/mol. The normalized spacial score (nSPS) is 35.5. The molecule has 45 heavy (non-hydrogen) atoms. The summed E-state index contributed by atoms with van der Waals surface area (Å²) < 4.78 is 11.3. The van der Waals surface area contributed by atoms with Crippen LogP contribution in [0.2, 0.25) is 0 Å². The van der Waals surface area contributed by atoms with Crippen LogP contribution < -0.4 is 21.3 Å². The van der Waals surface area contributed by atoms with E-state index in [1.165, 1.54) is 121 Å². The predicted octanol–water partition coefficient (Wildman–Crippen LogP) is 5.52. The Morgan fingerprint density at radius 2 is 1.31 bits per heavy atom. The Morgan fingerprint density at radius 1 is 0.733 bits per heavy atom. The number of nitrogens with one attached hydrogen (secondary N) is 4.